The fraction of sp³-hybridized carbons (Fsp3) is 0.364. The van der Waals surface area contributed by atoms with Gasteiger partial charge >= 0.3 is 0 Å². The van der Waals surface area contributed by atoms with Crippen LogP contribution in [0.15, 0.2) is 40.9 Å². The van der Waals surface area contributed by atoms with Gasteiger partial charge in [-0.1, -0.05) is 23.4 Å². The number of aryl methyl sites for hydroxylation is 2. The van der Waals surface area contributed by atoms with Crippen molar-refractivity contribution in [1.82, 2.24) is 24.7 Å². The molecule has 4 rings (SSSR count). The summed E-state index contributed by atoms with van der Waals surface area (Å²) in [5.41, 5.74) is 3.13. The van der Waals surface area contributed by atoms with E-state index in [1.54, 1.807) is 13.0 Å². The lowest BCUT2D eigenvalue weighted by molar-refractivity contribution is -0.117. The summed E-state index contributed by atoms with van der Waals surface area (Å²) in [5.74, 6) is 0.893. The quantitative estimate of drug-likeness (QED) is 0.677. The molecule has 2 amide bonds. The summed E-state index contributed by atoms with van der Waals surface area (Å²) in [6, 6.07) is 11.5. The minimum absolute atomic E-state index is 0.0145. The highest BCUT2D eigenvalue weighted by atomic mass is 16.5. The van der Waals surface area contributed by atoms with Crippen molar-refractivity contribution in [3.8, 4) is 5.69 Å². The summed E-state index contributed by atoms with van der Waals surface area (Å²) < 4.78 is 6.77. The molecule has 1 saturated heterocycles. The number of hydrogen-bond acceptors (Lipinski definition) is 6. The number of amides is 2. The van der Waals surface area contributed by atoms with Crippen LogP contribution in [0.5, 0.6) is 0 Å². The number of para-hydroxylation sites is 1. The van der Waals surface area contributed by atoms with Gasteiger partial charge in [-0.05, 0) is 32.9 Å². The van der Waals surface area contributed by atoms with Crippen molar-refractivity contribution in [3.63, 3.8) is 0 Å². The SMILES string of the molecule is Cc1cc(NC(=O)CN2CCN(C(=O)c3c(C)nn(-c4ccccc4)c3C)CC2)no1. The van der Waals surface area contributed by atoms with Gasteiger partial charge in [-0.25, -0.2) is 4.68 Å². The maximum absolute atomic E-state index is 13.2. The molecular formula is C22H26N6O3. The number of aromatic nitrogens is 3. The summed E-state index contributed by atoms with van der Waals surface area (Å²) >= 11 is 0. The maximum atomic E-state index is 13.2. The van der Waals surface area contributed by atoms with Gasteiger partial charge in [0.25, 0.3) is 5.91 Å². The van der Waals surface area contributed by atoms with Gasteiger partial charge in [0.2, 0.25) is 5.91 Å². The van der Waals surface area contributed by atoms with Crippen molar-refractivity contribution in [2.45, 2.75) is 20.8 Å². The number of carbonyl (C=O) groups excluding carboxylic acids is 2. The first kappa shape index (κ1) is 20.8. The van der Waals surface area contributed by atoms with Crippen molar-refractivity contribution in [2.75, 3.05) is 38.0 Å². The number of hydrogen-bond donors (Lipinski definition) is 1. The third kappa shape index (κ3) is 4.51. The van der Waals surface area contributed by atoms with E-state index in [2.05, 4.69) is 15.6 Å². The van der Waals surface area contributed by atoms with Crippen molar-refractivity contribution < 1.29 is 14.1 Å². The van der Waals surface area contributed by atoms with Gasteiger partial charge in [-0.2, -0.15) is 5.10 Å². The van der Waals surface area contributed by atoms with Gasteiger partial charge in [0.15, 0.2) is 5.82 Å². The Bertz CT molecular complexity index is 1080. The fourth-order valence-electron chi connectivity index (χ4n) is 3.85. The Morgan fingerprint density at radius 1 is 1.06 bits per heavy atom. The highest BCUT2D eigenvalue weighted by Gasteiger charge is 2.27. The van der Waals surface area contributed by atoms with Crippen LogP contribution in [0.2, 0.25) is 0 Å². The second kappa shape index (κ2) is 8.73. The predicted molar refractivity (Wildman–Crippen MR) is 115 cm³/mol. The van der Waals surface area contributed by atoms with Crippen molar-refractivity contribution in [1.29, 1.82) is 0 Å². The predicted octanol–water partition coefficient (Wildman–Crippen LogP) is 2.18. The second-order valence-corrected chi connectivity index (χ2v) is 7.73. The lowest BCUT2D eigenvalue weighted by Crippen LogP contribution is -2.50. The zero-order valence-electron chi connectivity index (χ0n) is 18.0. The van der Waals surface area contributed by atoms with E-state index in [1.165, 1.54) is 0 Å². The van der Waals surface area contributed by atoms with E-state index >= 15 is 0 Å². The Kier molecular flexibility index (Phi) is 5.85. The monoisotopic (exact) mass is 422 g/mol. The second-order valence-electron chi connectivity index (χ2n) is 7.73. The summed E-state index contributed by atoms with van der Waals surface area (Å²) in [5, 5.41) is 11.1. The largest absolute Gasteiger partial charge is 0.360 e. The number of nitrogens with zero attached hydrogens (tertiary/aromatic N) is 5. The van der Waals surface area contributed by atoms with Crippen LogP contribution in [0.3, 0.4) is 0 Å². The third-order valence-electron chi connectivity index (χ3n) is 5.43. The molecule has 3 heterocycles. The number of carbonyl (C=O) groups is 2. The van der Waals surface area contributed by atoms with Gasteiger partial charge < -0.3 is 14.7 Å². The van der Waals surface area contributed by atoms with Crippen LogP contribution in [-0.2, 0) is 4.79 Å². The molecule has 0 radical (unpaired) electrons. The van der Waals surface area contributed by atoms with Gasteiger partial charge in [0.05, 0.1) is 29.2 Å². The maximum Gasteiger partial charge on any atom is 0.257 e. The van der Waals surface area contributed by atoms with Crippen LogP contribution in [0.25, 0.3) is 5.69 Å². The van der Waals surface area contributed by atoms with E-state index in [0.29, 0.717) is 43.3 Å². The summed E-state index contributed by atoms with van der Waals surface area (Å²) in [6.45, 7) is 8.18. The Hall–Kier alpha value is -3.46. The Balaban J connectivity index is 1.36. The van der Waals surface area contributed by atoms with Crippen LogP contribution in [0.4, 0.5) is 5.82 Å². The van der Waals surface area contributed by atoms with Gasteiger partial charge in [0, 0.05) is 32.2 Å². The molecule has 31 heavy (non-hydrogen) atoms. The topological polar surface area (TPSA) is 96.5 Å². The van der Waals surface area contributed by atoms with Gasteiger partial charge in [-0.15, -0.1) is 0 Å². The molecule has 0 aliphatic carbocycles. The lowest BCUT2D eigenvalue weighted by atomic mass is 10.1. The van der Waals surface area contributed by atoms with Crippen LogP contribution in [0, 0.1) is 20.8 Å². The van der Waals surface area contributed by atoms with Crippen LogP contribution < -0.4 is 5.32 Å². The Morgan fingerprint density at radius 2 is 1.77 bits per heavy atom. The first-order valence-corrected chi connectivity index (χ1v) is 10.3. The van der Waals surface area contributed by atoms with E-state index < -0.39 is 0 Å². The minimum Gasteiger partial charge on any atom is -0.360 e. The molecule has 0 unspecified atom stereocenters. The molecule has 0 atom stereocenters. The molecule has 1 aromatic carbocycles. The van der Waals surface area contributed by atoms with E-state index in [1.807, 2.05) is 58.7 Å². The van der Waals surface area contributed by atoms with Crippen LogP contribution in [-0.4, -0.2) is 69.3 Å². The Morgan fingerprint density at radius 3 is 2.42 bits per heavy atom. The molecule has 1 aliphatic rings. The minimum atomic E-state index is -0.149. The van der Waals surface area contributed by atoms with Gasteiger partial charge in [0.1, 0.15) is 5.76 Å². The van der Waals surface area contributed by atoms with E-state index in [4.69, 9.17) is 4.52 Å². The number of piperazine rings is 1. The van der Waals surface area contributed by atoms with Crippen LogP contribution in [0.1, 0.15) is 27.5 Å². The standard InChI is InChI=1S/C22H26N6O3/c1-15-13-19(25-31-15)23-20(29)14-26-9-11-27(12-10-26)22(30)21-16(2)24-28(17(21)3)18-7-5-4-6-8-18/h4-8,13H,9-12,14H2,1-3H3,(H,23,25,29). The molecule has 1 aliphatic heterocycles. The first-order chi connectivity index (χ1) is 14.9. The average molecular weight is 422 g/mol. The van der Waals surface area contributed by atoms with Crippen molar-refractivity contribution >= 4 is 17.6 Å². The number of benzene rings is 1. The van der Waals surface area contributed by atoms with Gasteiger partial charge in [-0.3, -0.25) is 14.5 Å². The molecular weight excluding hydrogens is 396 g/mol. The van der Waals surface area contributed by atoms with E-state index in [9.17, 15) is 9.59 Å². The van der Waals surface area contributed by atoms with E-state index in [-0.39, 0.29) is 18.4 Å². The molecule has 9 heteroatoms. The zero-order chi connectivity index (χ0) is 22.0. The smallest absolute Gasteiger partial charge is 0.257 e. The normalized spacial score (nSPS) is 14.6. The highest BCUT2D eigenvalue weighted by molar-refractivity contribution is 5.96. The lowest BCUT2D eigenvalue weighted by Gasteiger charge is -2.34. The molecule has 0 saturated carbocycles. The molecule has 2 aromatic heterocycles. The molecule has 0 bridgehead atoms. The summed E-state index contributed by atoms with van der Waals surface area (Å²) in [7, 11) is 0. The highest BCUT2D eigenvalue weighted by Crippen LogP contribution is 2.20. The molecule has 1 N–H and O–H groups in total. The molecule has 0 spiro atoms. The van der Waals surface area contributed by atoms with Crippen molar-refractivity contribution in [3.05, 3.63) is 59.1 Å². The fourth-order valence-corrected chi connectivity index (χ4v) is 3.85. The van der Waals surface area contributed by atoms with E-state index in [0.717, 1.165) is 17.1 Å². The first-order valence-electron chi connectivity index (χ1n) is 10.3. The number of rotatable bonds is 5. The molecule has 3 aromatic rings. The van der Waals surface area contributed by atoms with Crippen LogP contribution >= 0.6 is 0 Å². The number of nitrogens with one attached hydrogen (secondary N) is 1. The number of anilines is 1. The average Bonchev–Trinajstić information content (AvgIpc) is 3.30. The summed E-state index contributed by atoms with van der Waals surface area (Å²) in [6.07, 6.45) is 0. The molecule has 9 nitrogen and oxygen atoms in total. The molecule has 1 fully saturated rings. The summed E-state index contributed by atoms with van der Waals surface area (Å²) in [4.78, 5) is 29.3. The van der Waals surface area contributed by atoms with Crippen molar-refractivity contribution in [2.24, 2.45) is 0 Å². The molecule has 162 valence electrons. The third-order valence-corrected chi connectivity index (χ3v) is 5.43. The Labute approximate surface area is 180 Å². The zero-order valence-corrected chi connectivity index (χ0v) is 18.0.